The molecule has 0 spiro atoms. The highest BCUT2D eigenvalue weighted by Gasteiger charge is 2.22. The lowest BCUT2D eigenvalue weighted by Gasteiger charge is -2.30. The van der Waals surface area contributed by atoms with Crippen molar-refractivity contribution >= 4 is 35.0 Å². The summed E-state index contributed by atoms with van der Waals surface area (Å²) in [6, 6.07) is 14.1. The molecule has 3 N–H and O–H groups in total. The van der Waals surface area contributed by atoms with Crippen LogP contribution in [0.3, 0.4) is 0 Å². The summed E-state index contributed by atoms with van der Waals surface area (Å²) in [6.07, 6.45) is 1.33. The van der Waals surface area contributed by atoms with Crippen LogP contribution in [0.1, 0.15) is 18.9 Å². The van der Waals surface area contributed by atoms with Crippen molar-refractivity contribution < 1.29 is 9.59 Å². The van der Waals surface area contributed by atoms with E-state index < -0.39 is 0 Å². The number of carbonyl (C=O) groups is 2. The summed E-state index contributed by atoms with van der Waals surface area (Å²) in [5.74, 6) is 0.185. The summed E-state index contributed by atoms with van der Waals surface area (Å²) in [4.78, 5) is 24.3. The summed E-state index contributed by atoms with van der Waals surface area (Å²) in [5.41, 5.74) is 0.973. The Kier molecular flexibility index (Phi) is 7.42. The molecule has 2 aromatic rings. The number of piperidine rings is 1. The minimum Gasteiger partial charge on any atom is -0.350 e. The van der Waals surface area contributed by atoms with E-state index in [4.69, 9.17) is 0 Å². The molecular weight excluding hydrogens is 350 g/mol. The molecule has 1 aliphatic rings. The number of hydrogen-bond acceptors (Lipinski definition) is 3. The number of benzene rings is 2. The van der Waals surface area contributed by atoms with Gasteiger partial charge in [0.1, 0.15) is 0 Å². The predicted molar refractivity (Wildman–Crippen MR) is 106 cm³/mol. The molecule has 2 aromatic carbocycles. The normalized spacial score (nSPS) is 19.4. The van der Waals surface area contributed by atoms with E-state index in [1.54, 1.807) is 0 Å². The third-order valence-corrected chi connectivity index (χ3v) is 4.85. The lowest BCUT2D eigenvalue weighted by molar-refractivity contribution is -0.126. The van der Waals surface area contributed by atoms with Crippen molar-refractivity contribution in [2.75, 3.05) is 19.6 Å². The molecule has 0 bridgehead atoms. The molecule has 2 amide bonds. The third kappa shape index (κ3) is 5.19. The zero-order valence-electron chi connectivity index (χ0n) is 15.0. The van der Waals surface area contributed by atoms with E-state index in [0.29, 0.717) is 5.92 Å². The van der Waals surface area contributed by atoms with Gasteiger partial charge in [-0.1, -0.05) is 49.4 Å². The van der Waals surface area contributed by atoms with E-state index in [2.05, 4.69) is 22.9 Å². The topological polar surface area (TPSA) is 70.2 Å². The number of amides is 2. The molecule has 0 saturated carbocycles. The zero-order chi connectivity index (χ0) is 17.6. The molecule has 6 heteroatoms. The smallest absolute Gasteiger partial charge is 0.239 e. The van der Waals surface area contributed by atoms with Crippen LogP contribution in [0.25, 0.3) is 10.8 Å². The summed E-state index contributed by atoms with van der Waals surface area (Å²) >= 11 is 0. The van der Waals surface area contributed by atoms with E-state index in [1.165, 1.54) is 0 Å². The van der Waals surface area contributed by atoms with Crippen molar-refractivity contribution in [3.8, 4) is 0 Å². The van der Waals surface area contributed by atoms with Crippen molar-refractivity contribution in [3.63, 3.8) is 0 Å². The van der Waals surface area contributed by atoms with Crippen molar-refractivity contribution in [1.82, 2.24) is 16.0 Å². The van der Waals surface area contributed by atoms with Crippen molar-refractivity contribution in [1.29, 1.82) is 0 Å². The summed E-state index contributed by atoms with van der Waals surface area (Å²) in [6.45, 7) is 3.95. The predicted octanol–water partition coefficient (Wildman–Crippen LogP) is 2.03. The highest BCUT2D eigenvalue weighted by Crippen LogP contribution is 2.18. The van der Waals surface area contributed by atoms with Gasteiger partial charge in [-0.3, -0.25) is 9.59 Å². The van der Waals surface area contributed by atoms with Crippen LogP contribution in [0.15, 0.2) is 42.5 Å². The Morgan fingerprint density at radius 1 is 1.12 bits per heavy atom. The van der Waals surface area contributed by atoms with Gasteiger partial charge >= 0.3 is 0 Å². The second kappa shape index (κ2) is 9.55. The first kappa shape index (κ1) is 20.2. The number of hydrogen-bond donors (Lipinski definition) is 3. The fraction of sp³-hybridized carbons (Fsp3) is 0.400. The van der Waals surface area contributed by atoms with Gasteiger partial charge in [-0.2, -0.15) is 0 Å². The number of halogens is 1. The lowest BCUT2D eigenvalue weighted by atomic mass is 9.95. The fourth-order valence-electron chi connectivity index (χ4n) is 3.30. The monoisotopic (exact) mass is 375 g/mol. The van der Waals surface area contributed by atoms with Gasteiger partial charge in [0.05, 0.1) is 13.0 Å². The van der Waals surface area contributed by atoms with Gasteiger partial charge in [0.2, 0.25) is 11.8 Å². The largest absolute Gasteiger partial charge is 0.350 e. The van der Waals surface area contributed by atoms with Gasteiger partial charge in [-0.15, -0.1) is 12.4 Å². The average molecular weight is 376 g/mol. The highest BCUT2D eigenvalue weighted by atomic mass is 35.5. The number of carbonyl (C=O) groups excluding carboxylic acids is 2. The molecule has 1 saturated heterocycles. The summed E-state index contributed by atoms with van der Waals surface area (Å²) in [5, 5.41) is 11.2. The maximum Gasteiger partial charge on any atom is 0.239 e. The molecule has 5 nitrogen and oxygen atoms in total. The van der Waals surface area contributed by atoms with Gasteiger partial charge < -0.3 is 16.0 Å². The van der Waals surface area contributed by atoms with Gasteiger partial charge in [-0.25, -0.2) is 0 Å². The van der Waals surface area contributed by atoms with E-state index in [9.17, 15) is 9.59 Å². The molecule has 1 aliphatic heterocycles. The Hall–Kier alpha value is -2.11. The Balaban J connectivity index is 0.00000243. The Bertz CT molecular complexity index is 760. The molecule has 2 atom stereocenters. The average Bonchev–Trinajstić information content (AvgIpc) is 2.62. The van der Waals surface area contributed by atoms with Crippen LogP contribution in [0.5, 0.6) is 0 Å². The first-order valence-electron chi connectivity index (χ1n) is 8.87. The fourth-order valence-corrected chi connectivity index (χ4v) is 3.30. The summed E-state index contributed by atoms with van der Waals surface area (Å²) in [7, 11) is 0. The molecule has 0 aliphatic carbocycles. The van der Waals surface area contributed by atoms with Crippen LogP contribution in [0.4, 0.5) is 0 Å². The Morgan fingerprint density at radius 3 is 2.69 bits per heavy atom. The molecule has 0 aromatic heterocycles. The first-order chi connectivity index (χ1) is 12.1. The molecular formula is C20H26ClN3O2. The minimum absolute atomic E-state index is 0. The molecule has 1 fully saturated rings. The third-order valence-electron chi connectivity index (χ3n) is 4.85. The standard InChI is InChI=1S/C20H25N3O2.ClH/c1-14-9-10-21-12-18(14)23-20(25)13-22-19(24)11-16-7-4-6-15-5-2-3-8-17(15)16;/h2-8,14,18,21H,9-13H2,1H3,(H,22,24)(H,23,25);1H. The second-order valence-corrected chi connectivity index (χ2v) is 6.74. The molecule has 0 radical (unpaired) electrons. The number of rotatable bonds is 5. The Labute approximate surface area is 160 Å². The second-order valence-electron chi connectivity index (χ2n) is 6.74. The van der Waals surface area contributed by atoms with Crippen LogP contribution >= 0.6 is 12.4 Å². The van der Waals surface area contributed by atoms with Crippen LogP contribution in [-0.4, -0.2) is 37.5 Å². The van der Waals surface area contributed by atoms with Crippen LogP contribution in [0, 0.1) is 5.92 Å². The zero-order valence-corrected chi connectivity index (χ0v) is 15.8. The molecule has 140 valence electrons. The maximum atomic E-state index is 12.2. The number of fused-ring (bicyclic) bond motifs is 1. The van der Waals surface area contributed by atoms with Crippen molar-refractivity contribution in [2.45, 2.75) is 25.8 Å². The minimum atomic E-state index is -0.138. The highest BCUT2D eigenvalue weighted by molar-refractivity contribution is 5.91. The van der Waals surface area contributed by atoms with Gasteiger partial charge in [0, 0.05) is 12.6 Å². The summed E-state index contributed by atoms with van der Waals surface area (Å²) < 4.78 is 0. The molecule has 2 unspecified atom stereocenters. The van der Waals surface area contributed by atoms with Gasteiger partial charge in [-0.05, 0) is 35.2 Å². The quantitative estimate of drug-likeness (QED) is 0.749. The first-order valence-corrected chi connectivity index (χ1v) is 8.87. The van der Waals surface area contributed by atoms with Crippen LogP contribution in [0.2, 0.25) is 0 Å². The molecule has 1 heterocycles. The number of nitrogens with one attached hydrogen (secondary N) is 3. The van der Waals surface area contributed by atoms with E-state index >= 15 is 0 Å². The molecule has 26 heavy (non-hydrogen) atoms. The van der Waals surface area contributed by atoms with Gasteiger partial charge in [0.25, 0.3) is 0 Å². The van der Waals surface area contributed by atoms with E-state index in [0.717, 1.165) is 35.8 Å². The SMILES string of the molecule is CC1CCNCC1NC(=O)CNC(=O)Cc1cccc2ccccc12.Cl. The van der Waals surface area contributed by atoms with Crippen molar-refractivity contribution in [3.05, 3.63) is 48.0 Å². The van der Waals surface area contributed by atoms with E-state index in [-0.39, 0.29) is 43.2 Å². The lowest BCUT2D eigenvalue weighted by Crippen LogP contribution is -2.52. The molecule has 3 rings (SSSR count). The van der Waals surface area contributed by atoms with Gasteiger partial charge in [0.15, 0.2) is 0 Å². The van der Waals surface area contributed by atoms with Crippen LogP contribution < -0.4 is 16.0 Å². The van der Waals surface area contributed by atoms with Crippen LogP contribution in [-0.2, 0) is 16.0 Å². The maximum absolute atomic E-state index is 12.2. The van der Waals surface area contributed by atoms with E-state index in [1.807, 2.05) is 42.5 Å². The Morgan fingerprint density at radius 2 is 1.88 bits per heavy atom. The van der Waals surface area contributed by atoms with Crippen molar-refractivity contribution in [2.24, 2.45) is 5.92 Å².